The Bertz CT molecular complexity index is 1170. The quantitative estimate of drug-likeness (QED) is 0.487. The van der Waals surface area contributed by atoms with E-state index in [1.165, 1.54) is 11.3 Å². The molecule has 7 nitrogen and oxygen atoms in total. The van der Waals surface area contributed by atoms with Crippen LogP contribution in [0.4, 0.5) is 5.69 Å². The van der Waals surface area contributed by atoms with Gasteiger partial charge in [-0.15, -0.1) is 11.3 Å². The highest BCUT2D eigenvalue weighted by atomic mass is 32.1. The fourth-order valence-electron chi connectivity index (χ4n) is 2.84. The Kier molecular flexibility index (Phi) is 5.67. The molecule has 0 fully saturated rings. The Morgan fingerprint density at radius 1 is 1.00 bits per heavy atom. The Morgan fingerprint density at radius 2 is 1.80 bits per heavy atom. The SMILES string of the molecule is Cc1nc(-c2ccccc2NC(=O)c2ccc(CNC(=O)c3cccs3)cc2)no1. The summed E-state index contributed by atoms with van der Waals surface area (Å²) in [5.41, 5.74) is 2.67. The smallest absolute Gasteiger partial charge is 0.261 e. The van der Waals surface area contributed by atoms with E-state index in [0.717, 1.165) is 5.56 Å². The van der Waals surface area contributed by atoms with E-state index in [4.69, 9.17) is 4.52 Å². The Labute approximate surface area is 176 Å². The number of amides is 2. The van der Waals surface area contributed by atoms with Crippen molar-refractivity contribution in [2.45, 2.75) is 13.5 Å². The lowest BCUT2D eigenvalue weighted by molar-refractivity contribution is 0.0953. The first-order chi connectivity index (χ1) is 14.6. The van der Waals surface area contributed by atoms with E-state index in [0.29, 0.717) is 40.0 Å². The molecular formula is C22H18N4O3S. The molecule has 0 aliphatic heterocycles. The number of aryl methyl sites for hydroxylation is 1. The molecule has 2 aromatic heterocycles. The molecule has 0 spiro atoms. The van der Waals surface area contributed by atoms with Crippen molar-refractivity contribution in [2.75, 3.05) is 5.32 Å². The van der Waals surface area contributed by atoms with Crippen LogP contribution in [0, 0.1) is 6.92 Å². The molecule has 0 radical (unpaired) electrons. The number of nitrogens with one attached hydrogen (secondary N) is 2. The molecule has 2 amide bonds. The highest BCUT2D eigenvalue weighted by Crippen LogP contribution is 2.25. The number of para-hydroxylation sites is 1. The molecule has 30 heavy (non-hydrogen) atoms. The van der Waals surface area contributed by atoms with Gasteiger partial charge in [-0.3, -0.25) is 9.59 Å². The number of rotatable bonds is 6. The molecule has 4 rings (SSSR count). The van der Waals surface area contributed by atoms with Gasteiger partial charge in [0.05, 0.1) is 10.6 Å². The van der Waals surface area contributed by atoms with E-state index in [-0.39, 0.29) is 11.8 Å². The number of nitrogens with zero attached hydrogens (tertiary/aromatic N) is 2. The molecule has 0 aliphatic carbocycles. The van der Waals surface area contributed by atoms with Gasteiger partial charge in [-0.1, -0.05) is 35.5 Å². The molecule has 0 unspecified atom stereocenters. The predicted octanol–water partition coefficient (Wildman–Crippen LogP) is 4.29. The Balaban J connectivity index is 1.42. The second-order valence-electron chi connectivity index (χ2n) is 6.49. The van der Waals surface area contributed by atoms with Crippen LogP contribution in [-0.4, -0.2) is 22.0 Å². The first kappa shape index (κ1) is 19.5. The van der Waals surface area contributed by atoms with E-state index >= 15 is 0 Å². The topological polar surface area (TPSA) is 97.1 Å². The molecule has 0 atom stereocenters. The van der Waals surface area contributed by atoms with Gasteiger partial charge in [0.25, 0.3) is 11.8 Å². The molecule has 0 saturated heterocycles. The number of thiophene rings is 1. The summed E-state index contributed by atoms with van der Waals surface area (Å²) in [6.07, 6.45) is 0. The number of benzene rings is 2. The summed E-state index contributed by atoms with van der Waals surface area (Å²) < 4.78 is 5.04. The minimum absolute atomic E-state index is 0.111. The standard InChI is InChI=1S/C22H18N4O3S/c1-14-24-20(26-29-14)17-5-2-3-6-18(17)25-21(27)16-10-8-15(9-11-16)13-23-22(28)19-7-4-12-30-19/h2-12H,13H2,1H3,(H,23,28)(H,25,27). The van der Waals surface area contributed by atoms with Crippen LogP contribution in [-0.2, 0) is 6.54 Å². The third kappa shape index (κ3) is 4.44. The minimum atomic E-state index is -0.253. The first-order valence-corrected chi connectivity index (χ1v) is 10.1. The predicted molar refractivity (Wildman–Crippen MR) is 114 cm³/mol. The van der Waals surface area contributed by atoms with Crippen molar-refractivity contribution >= 4 is 28.8 Å². The fourth-order valence-corrected chi connectivity index (χ4v) is 3.48. The molecule has 8 heteroatoms. The van der Waals surface area contributed by atoms with Crippen molar-refractivity contribution < 1.29 is 14.1 Å². The van der Waals surface area contributed by atoms with Crippen molar-refractivity contribution in [1.29, 1.82) is 0 Å². The third-order valence-electron chi connectivity index (χ3n) is 4.36. The van der Waals surface area contributed by atoms with Crippen molar-refractivity contribution in [3.63, 3.8) is 0 Å². The van der Waals surface area contributed by atoms with E-state index in [1.54, 1.807) is 31.2 Å². The number of aromatic nitrogens is 2. The molecule has 2 heterocycles. The highest BCUT2D eigenvalue weighted by molar-refractivity contribution is 7.12. The second kappa shape index (κ2) is 8.71. The van der Waals surface area contributed by atoms with Gasteiger partial charge in [0.2, 0.25) is 11.7 Å². The molecule has 2 N–H and O–H groups in total. The normalized spacial score (nSPS) is 10.6. The van der Waals surface area contributed by atoms with Crippen molar-refractivity contribution in [3.05, 3.63) is 87.9 Å². The lowest BCUT2D eigenvalue weighted by Gasteiger charge is -2.09. The van der Waals surface area contributed by atoms with Gasteiger partial charge >= 0.3 is 0 Å². The van der Waals surface area contributed by atoms with Crippen molar-refractivity contribution in [2.24, 2.45) is 0 Å². The van der Waals surface area contributed by atoms with Crippen LogP contribution < -0.4 is 10.6 Å². The average molecular weight is 418 g/mol. The van der Waals surface area contributed by atoms with Gasteiger partial charge in [0.1, 0.15) is 0 Å². The minimum Gasteiger partial charge on any atom is -0.347 e. The van der Waals surface area contributed by atoms with Gasteiger partial charge in [-0.2, -0.15) is 4.98 Å². The van der Waals surface area contributed by atoms with E-state index in [1.807, 2.05) is 41.8 Å². The first-order valence-electron chi connectivity index (χ1n) is 9.22. The van der Waals surface area contributed by atoms with E-state index < -0.39 is 0 Å². The number of hydrogen-bond acceptors (Lipinski definition) is 6. The number of hydrogen-bond donors (Lipinski definition) is 2. The van der Waals surface area contributed by atoms with Crippen LogP contribution in [0.2, 0.25) is 0 Å². The summed E-state index contributed by atoms with van der Waals surface area (Å²) >= 11 is 1.39. The van der Waals surface area contributed by atoms with E-state index in [2.05, 4.69) is 20.8 Å². The number of carbonyl (C=O) groups is 2. The number of anilines is 1. The van der Waals surface area contributed by atoms with Crippen LogP contribution in [0.15, 0.2) is 70.6 Å². The third-order valence-corrected chi connectivity index (χ3v) is 5.23. The summed E-state index contributed by atoms with van der Waals surface area (Å²) in [6.45, 7) is 2.10. The summed E-state index contributed by atoms with van der Waals surface area (Å²) in [4.78, 5) is 29.6. The monoisotopic (exact) mass is 418 g/mol. The summed E-state index contributed by atoms with van der Waals surface area (Å²) in [5, 5.41) is 11.5. The molecular weight excluding hydrogens is 400 g/mol. The van der Waals surface area contributed by atoms with Gasteiger partial charge in [-0.25, -0.2) is 0 Å². The summed E-state index contributed by atoms with van der Waals surface area (Å²) in [5.74, 6) is 0.505. The van der Waals surface area contributed by atoms with Crippen LogP contribution in [0.25, 0.3) is 11.4 Å². The zero-order chi connectivity index (χ0) is 20.9. The lowest BCUT2D eigenvalue weighted by atomic mass is 10.1. The van der Waals surface area contributed by atoms with Crippen LogP contribution in [0.1, 0.15) is 31.5 Å². The maximum Gasteiger partial charge on any atom is 0.261 e. The highest BCUT2D eigenvalue weighted by Gasteiger charge is 2.14. The maximum absolute atomic E-state index is 12.7. The fraction of sp³-hybridized carbons (Fsp3) is 0.0909. The average Bonchev–Trinajstić information content (AvgIpc) is 3.45. The Morgan fingerprint density at radius 3 is 2.50 bits per heavy atom. The van der Waals surface area contributed by atoms with Gasteiger partial charge < -0.3 is 15.2 Å². The maximum atomic E-state index is 12.7. The van der Waals surface area contributed by atoms with Gasteiger partial charge in [0.15, 0.2) is 0 Å². The molecule has 0 bridgehead atoms. The largest absolute Gasteiger partial charge is 0.347 e. The molecule has 4 aromatic rings. The summed E-state index contributed by atoms with van der Waals surface area (Å²) in [6, 6.07) is 18.0. The zero-order valence-corrected chi connectivity index (χ0v) is 16.9. The van der Waals surface area contributed by atoms with Gasteiger partial charge in [-0.05, 0) is 41.3 Å². The summed E-state index contributed by atoms with van der Waals surface area (Å²) in [7, 11) is 0. The molecule has 0 saturated carbocycles. The van der Waals surface area contributed by atoms with E-state index in [9.17, 15) is 9.59 Å². The van der Waals surface area contributed by atoms with Crippen LogP contribution in [0.3, 0.4) is 0 Å². The van der Waals surface area contributed by atoms with Crippen molar-refractivity contribution in [1.82, 2.24) is 15.5 Å². The zero-order valence-electron chi connectivity index (χ0n) is 16.1. The van der Waals surface area contributed by atoms with Crippen molar-refractivity contribution in [3.8, 4) is 11.4 Å². The lowest BCUT2D eigenvalue weighted by Crippen LogP contribution is -2.21. The van der Waals surface area contributed by atoms with Gasteiger partial charge in [0, 0.05) is 24.6 Å². The van der Waals surface area contributed by atoms with Crippen LogP contribution in [0.5, 0.6) is 0 Å². The molecule has 0 aliphatic rings. The molecule has 2 aromatic carbocycles. The Hall–Kier alpha value is -3.78. The number of carbonyl (C=O) groups excluding carboxylic acids is 2. The molecule has 150 valence electrons. The van der Waals surface area contributed by atoms with Crippen LogP contribution >= 0.6 is 11.3 Å². The second-order valence-corrected chi connectivity index (χ2v) is 7.44.